The molecule has 0 radical (unpaired) electrons. The van der Waals surface area contributed by atoms with Gasteiger partial charge in [0, 0.05) is 6.04 Å². The van der Waals surface area contributed by atoms with Crippen LogP contribution < -0.4 is 5.32 Å². The Kier molecular flexibility index (Phi) is 11.4. The summed E-state index contributed by atoms with van der Waals surface area (Å²) in [7, 11) is 0. The maximum absolute atomic E-state index is 3.66. The summed E-state index contributed by atoms with van der Waals surface area (Å²) in [5.41, 5.74) is 0. The standard InChI is InChI=1S/C15H33N/c1-5-9-10-11-12-15(16-8-4)13-14(6-2)7-3/h14-16H,5-13H2,1-4H3. The van der Waals surface area contributed by atoms with Crippen molar-refractivity contribution in [1.29, 1.82) is 0 Å². The van der Waals surface area contributed by atoms with Crippen molar-refractivity contribution >= 4 is 0 Å². The van der Waals surface area contributed by atoms with Crippen LogP contribution in [0.4, 0.5) is 0 Å². The summed E-state index contributed by atoms with van der Waals surface area (Å²) < 4.78 is 0. The van der Waals surface area contributed by atoms with E-state index in [-0.39, 0.29) is 0 Å². The van der Waals surface area contributed by atoms with Gasteiger partial charge >= 0.3 is 0 Å². The van der Waals surface area contributed by atoms with Crippen LogP contribution in [-0.4, -0.2) is 12.6 Å². The Hall–Kier alpha value is -0.0400. The first-order valence-corrected chi connectivity index (χ1v) is 7.51. The van der Waals surface area contributed by atoms with Crippen LogP contribution in [0.3, 0.4) is 0 Å². The second-order valence-electron chi connectivity index (χ2n) is 5.02. The summed E-state index contributed by atoms with van der Waals surface area (Å²) in [6.45, 7) is 10.3. The molecule has 0 rings (SSSR count). The molecule has 0 heterocycles. The first kappa shape index (κ1) is 16.0. The van der Waals surface area contributed by atoms with Gasteiger partial charge in [-0.05, 0) is 25.3 Å². The number of hydrogen-bond donors (Lipinski definition) is 1. The highest BCUT2D eigenvalue weighted by Gasteiger charge is 2.12. The molecule has 1 nitrogen and oxygen atoms in total. The highest BCUT2D eigenvalue weighted by molar-refractivity contribution is 4.70. The molecule has 0 saturated carbocycles. The van der Waals surface area contributed by atoms with Gasteiger partial charge in [0.25, 0.3) is 0 Å². The van der Waals surface area contributed by atoms with Crippen LogP contribution in [0.15, 0.2) is 0 Å². The number of hydrogen-bond acceptors (Lipinski definition) is 1. The van der Waals surface area contributed by atoms with E-state index in [0.717, 1.165) is 18.5 Å². The molecule has 0 spiro atoms. The number of nitrogens with one attached hydrogen (secondary N) is 1. The predicted octanol–water partition coefficient (Wildman–Crippen LogP) is 4.76. The minimum absolute atomic E-state index is 0.770. The Bertz CT molecular complexity index is 129. The van der Waals surface area contributed by atoms with Gasteiger partial charge in [-0.25, -0.2) is 0 Å². The van der Waals surface area contributed by atoms with Gasteiger partial charge in [-0.3, -0.25) is 0 Å². The molecule has 0 fully saturated rings. The molecular weight excluding hydrogens is 194 g/mol. The van der Waals surface area contributed by atoms with Crippen LogP contribution >= 0.6 is 0 Å². The molecule has 0 amide bonds. The SMILES string of the molecule is CCCCCCC(CC(CC)CC)NCC. The summed E-state index contributed by atoms with van der Waals surface area (Å²) in [4.78, 5) is 0. The van der Waals surface area contributed by atoms with Crippen molar-refractivity contribution < 1.29 is 0 Å². The Labute approximate surface area is 103 Å². The Morgan fingerprint density at radius 3 is 2.06 bits per heavy atom. The van der Waals surface area contributed by atoms with Crippen LogP contribution in [0.2, 0.25) is 0 Å². The van der Waals surface area contributed by atoms with Gasteiger partial charge in [0.05, 0.1) is 0 Å². The highest BCUT2D eigenvalue weighted by Crippen LogP contribution is 2.18. The van der Waals surface area contributed by atoms with E-state index < -0.39 is 0 Å². The first-order valence-electron chi connectivity index (χ1n) is 7.51. The lowest BCUT2D eigenvalue weighted by Crippen LogP contribution is -2.30. The second-order valence-corrected chi connectivity index (χ2v) is 5.02. The normalized spacial score (nSPS) is 13.3. The molecule has 0 aromatic heterocycles. The molecule has 98 valence electrons. The monoisotopic (exact) mass is 227 g/mol. The van der Waals surface area contributed by atoms with Crippen molar-refractivity contribution in [3.63, 3.8) is 0 Å². The molecule has 0 aliphatic rings. The molecule has 1 unspecified atom stereocenters. The molecule has 16 heavy (non-hydrogen) atoms. The lowest BCUT2D eigenvalue weighted by Gasteiger charge is -2.22. The van der Waals surface area contributed by atoms with E-state index in [9.17, 15) is 0 Å². The molecule has 0 saturated heterocycles. The molecule has 1 N–H and O–H groups in total. The zero-order valence-corrected chi connectivity index (χ0v) is 12.0. The zero-order chi connectivity index (χ0) is 12.2. The summed E-state index contributed by atoms with van der Waals surface area (Å²) in [6.07, 6.45) is 11.0. The van der Waals surface area contributed by atoms with Crippen molar-refractivity contribution in [1.82, 2.24) is 5.32 Å². The smallest absolute Gasteiger partial charge is 0.00695 e. The molecule has 1 atom stereocenters. The van der Waals surface area contributed by atoms with E-state index >= 15 is 0 Å². The zero-order valence-electron chi connectivity index (χ0n) is 12.0. The first-order chi connectivity index (χ1) is 7.78. The molecular formula is C15H33N. The van der Waals surface area contributed by atoms with Crippen molar-refractivity contribution in [3.8, 4) is 0 Å². The average Bonchev–Trinajstić information content (AvgIpc) is 2.31. The Morgan fingerprint density at radius 2 is 1.56 bits per heavy atom. The van der Waals surface area contributed by atoms with Gasteiger partial charge in [-0.15, -0.1) is 0 Å². The number of unbranched alkanes of at least 4 members (excludes halogenated alkanes) is 3. The van der Waals surface area contributed by atoms with Crippen molar-refractivity contribution in [2.45, 2.75) is 85.1 Å². The molecule has 0 bridgehead atoms. The van der Waals surface area contributed by atoms with E-state index in [1.165, 1.54) is 51.4 Å². The third kappa shape index (κ3) is 8.15. The van der Waals surface area contributed by atoms with Crippen LogP contribution in [0.5, 0.6) is 0 Å². The fourth-order valence-corrected chi connectivity index (χ4v) is 2.43. The Balaban J connectivity index is 3.76. The van der Waals surface area contributed by atoms with Gasteiger partial charge in [0.15, 0.2) is 0 Å². The Morgan fingerprint density at radius 1 is 0.875 bits per heavy atom. The number of rotatable bonds is 11. The topological polar surface area (TPSA) is 12.0 Å². The average molecular weight is 227 g/mol. The van der Waals surface area contributed by atoms with Gasteiger partial charge in [-0.2, -0.15) is 0 Å². The van der Waals surface area contributed by atoms with E-state index in [2.05, 4.69) is 33.0 Å². The third-order valence-electron chi connectivity index (χ3n) is 3.67. The van der Waals surface area contributed by atoms with Gasteiger partial charge < -0.3 is 5.32 Å². The van der Waals surface area contributed by atoms with Gasteiger partial charge in [-0.1, -0.05) is 66.2 Å². The van der Waals surface area contributed by atoms with Crippen molar-refractivity contribution in [2.24, 2.45) is 5.92 Å². The molecule has 0 aliphatic heterocycles. The van der Waals surface area contributed by atoms with Crippen molar-refractivity contribution in [3.05, 3.63) is 0 Å². The quantitative estimate of drug-likeness (QED) is 0.502. The lowest BCUT2D eigenvalue weighted by atomic mass is 9.92. The van der Waals surface area contributed by atoms with Crippen LogP contribution in [0.1, 0.15) is 79.1 Å². The fraction of sp³-hybridized carbons (Fsp3) is 1.00. The van der Waals surface area contributed by atoms with E-state index in [0.29, 0.717) is 0 Å². The van der Waals surface area contributed by atoms with Crippen molar-refractivity contribution in [2.75, 3.05) is 6.54 Å². The summed E-state index contributed by atoms with van der Waals surface area (Å²) in [5.74, 6) is 0.926. The van der Waals surface area contributed by atoms with E-state index in [4.69, 9.17) is 0 Å². The van der Waals surface area contributed by atoms with Crippen LogP contribution in [0.25, 0.3) is 0 Å². The predicted molar refractivity (Wildman–Crippen MR) is 74.9 cm³/mol. The van der Waals surface area contributed by atoms with Crippen LogP contribution in [-0.2, 0) is 0 Å². The summed E-state index contributed by atoms with van der Waals surface area (Å²) >= 11 is 0. The fourth-order valence-electron chi connectivity index (χ4n) is 2.43. The maximum atomic E-state index is 3.66. The maximum Gasteiger partial charge on any atom is 0.00695 e. The molecule has 0 aromatic carbocycles. The minimum Gasteiger partial charge on any atom is -0.314 e. The summed E-state index contributed by atoms with van der Waals surface area (Å²) in [6, 6.07) is 0.770. The molecule has 1 heteroatoms. The van der Waals surface area contributed by atoms with Gasteiger partial charge in [0.2, 0.25) is 0 Å². The van der Waals surface area contributed by atoms with Gasteiger partial charge in [0.1, 0.15) is 0 Å². The van der Waals surface area contributed by atoms with E-state index in [1.54, 1.807) is 0 Å². The third-order valence-corrected chi connectivity index (χ3v) is 3.67. The van der Waals surface area contributed by atoms with E-state index in [1.807, 2.05) is 0 Å². The lowest BCUT2D eigenvalue weighted by molar-refractivity contribution is 0.348. The molecule has 0 aliphatic carbocycles. The molecule has 0 aromatic rings. The van der Waals surface area contributed by atoms with Crippen LogP contribution in [0, 0.1) is 5.92 Å². The highest BCUT2D eigenvalue weighted by atomic mass is 14.9. The minimum atomic E-state index is 0.770. The summed E-state index contributed by atoms with van der Waals surface area (Å²) in [5, 5.41) is 3.66. The largest absolute Gasteiger partial charge is 0.314 e. The second kappa shape index (κ2) is 11.4.